The third-order valence-electron chi connectivity index (χ3n) is 4.43. The number of aryl methyl sites for hydroxylation is 1. The number of piperidine rings is 1. The van der Waals surface area contributed by atoms with Crippen LogP contribution in [-0.2, 0) is 0 Å². The molecule has 3 rings (SSSR count). The highest BCUT2D eigenvalue weighted by Gasteiger charge is 2.16. The van der Waals surface area contributed by atoms with Gasteiger partial charge in [0.25, 0.3) is 5.91 Å². The first-order valence-electron chi connectivity index (χ1n) is 8.45. The van der Waals surface area contributed by atoms with Crippen molar-refractivity contribution >= 4 is 28.9 Å². The summed E-state index contributed by atoms with van der Waals surface area (Å²) in [6.07, 6.45) is 5.32. The van der Waals surface area contributed by atoms with Gasteiger partial charge in [0.15, 0.2) is 0 Å². The highest BCUT2D eigenvalue weighted by Crippen LogP contribution is 2.31. The van der Waals surface area contributed by atoms with Crippen LogP contribution in [0.1, 0.15) is 35.3 Å². The Hall–Kier alpha value is -2.27. The quantitative estimate of drug-likeness (QED) is 0.884. The average molecular weight is 360 g/mol. The molecular formula is C19H22ClN3O2. The Balaban J connectivity index is 1.81. The summed E-state index contributed by atoms with van der Waals surface area (Å²) in [4.78, 5) is 19.2. The van der Waals surface area contributed by atoms with E-state index in [9.17, 15) is 4.79 Å². The molecule has 0 spiro atoms. The lowest BCUT2D eigenvalue weighted by molar-refractivity contribution is 0.102. The molecule has 1 aromatic carbocycles. The molecule has 0 atom stereocenters. The van der Waals surface area contributed by atoms with E-state index in [4.69, 9.17) is 16.3 Å². The van der Waals surface area contributed by atoms with E-state index in [1.165, 1.54) is 19.3 Å². The predicted molar refractivity (Wildman–Crippen MR) is 101 cm³/mol. The molecule has 1 saturated heterocycles. The number of halogens is 1. The third kappa shape index (κ3) is 4.04. The number of carbonyl (C=O) groups is 1. The maximum Gasteiger partial charge on any atom is 0.274 e. The number of nitrogens with zero attached hydrogens (tertiary/aromatic N) is 2. The van der Waals surface area contributed by atoms with Crippen LogP contribution in [0.4, 0.5) is 11.4 Å². The fourth-order valence-electron chi connectivity index (χ4n) is 3.01. The molecule has 132 valence electrons. The molecule has 6 heteroatoms. The smallest absolute Gasteiger partial charge is 0.274 e. The molecule has 2 heterocycles. The lowest BCUT2D eigenvalue weighted by Crippen LogP contribution is -2.29. The van der Waals surface area contributed by atoms with Crippen LogP contribution in [0, 0.1) is 6.92 Å². The third-order valence-corrected chi connectivity index (χ3v) is 4.83. The van der Waals surface area contributed by atoms with Gasteiger partial charge in [0.2, 0.25) is 0 Å². The molecule has 0 radical (unpaired) electrons. The van der Waals surface area contributed by atoms with Gasteiger partial charge in [0, 0.05) is 36.1 Å². The van der Waals surface area contributed by atoms with E-state index in [2.05, 4.69) is 15.2 Å². The van der Waals surface area contributed by atoms with Crippen LogP contribution in [0.25, 0.3) is 0 Å². The molecule has 1 amide bonds. The van der Waals surface area contributed by atoms with Crippen LogP contribution >= 0.6 is 11.6 Å². The second-order valence-corrected chi connectivity index (χ2v) is 6.61. The minimum atomic E-state index is -0.265. The van der Waals surface area contributed by atoms with Gasteiger partial charge in [0.05, 0.1) is 12.8 Å². The van der Waals surface area contributed by atoms with Crippen molar-refractivity contribution in [1.82, 2.24) is 4.98 Å². The Morgan fingerprint density at radius 2 is 2.00 bits per heavy atom. The van der Waals surface area contributed by atoms with Crippen molar-refractivity contribution in [3.05, 3.63) is 46.7 Å². The molecule has 0 bridgehead atoms. The SMILES string of the molecule is COc1cc(Cl)c(C)cc1NC(=O)c1cc(N2CCCCC2)ccn1. The number of ether oxygens (including phenoxy) is 1. The minimum Gasteiger partial charge on any atom is -0.495 e. The van der Waals surface area contributed by atoms with E-state index in [1.54, 1.807) is 25.4 Å². The van der Waals surface area contributed by atoms with Gasteiger partial charge in [-0.15, -0.1) is 0 Å². The van der Waals surface area contributed by atoms with Gasteiger partial charge in [0.1, 0.15) is 11.4 Å². The van der Waals surface area contributed by atoms with Gasteiger partial charge < -0.3 is 15.0 Å². The van der Waals surface area contributed by atoms with Crippen molar-refractivity contribution in [3.63, 3.8) is 0 Å². The molecule has 25 heavy (non-hydrogen) atoms. The van der Waals surface area contributed by atoms with Gasteiger partial charge in [-0.2, -0.15) is 0 Å². The van der Waals surface area contributed by atoms with Crippen molar-refractivity contribution < 1.29 is 9.53 Å². The van der Waals surface area contributed by atoms with Crippen LogP contribution < -0.4 is 15.0 Å². The second-order valence-electron chi connectivity index (χ2n) is 6.20. The largest absolute Gasteiger partial charge is 0.495 e. The number of amides is 1. The van der Waals surface area contributed by atoms with E-state index < -0.39 is 0 Å². The summed E-state index contributed by atoms with van der Waals surface area (Å²) in [6, 6.07) is 7.29. The first-order chi connectivity index (χ1) is 12.1. The molecule has 1 aliphatic rings. The average Bonchev–Trinajstić information content (AvgIpc) is 2.65. The lowest BCUT2D eigenvalue weighted by Gasteiger charge is -2.28. The zero-order valence-electron chi connectivity index (χ0n) is 14.5. The molecule has 1 fully saturated rings. The van der Waals surface area contributed by atoms with E-state index in [-0.39, 0.29) is 5.91 Å². The fraction of sp³-hybridized carbons (Fsp3) is 0.368. The Morgan fingerprint density at radius 1 is 1.24 bits per heavy atom. The highest BCUT2D eigenvalue weighted by atomic mass is 35.5. The van der Waals surface area contributed by atoms with Crippen molar-refractivity contribution in [2.24, 2.45) is 0 Å². The number of methoxy groups -OCH3 is 1. The fourth-order valence-corrected chi connectivity index (χ4v) is 3.16. The number of anilines is 2. The van der Waals surface area contributed by atoms with Gasteiger partial charge in [-0.3, -0.25) is 9.78 Å². The van der Waals surface area contributed by atoms with Gasteiger partial charge in [-0.25, -0.2) is 0 Å². The number of benzene rings is 1. The molecular weight excluding hydrogens is 338 g/mol. The van der Waals surface area contributed by atoms with Gasteiger partial charge >= 0.3 is 0 Å². The number of hydrogen-bond acceptors (Lipinski definition) is 4. The predicted octanol–water partition coefficient (Wildman–Crippen LogP) is 4.29. The van der Waals surface area contributed by atoms with Crippen molar-refractivity contribution in [1.29, 1.82) is 0 Å². The number of hydrogen-bond donors (Lipinski definition) is 1. The van der Waals surface area contributed by atoms with E-state index in [1.807, 2.05) is 19.1 Å². The standard InChI is InChI=1S/C19H22ClN3O2/c1-13-10-16(18(25-2)12-15(13)20)22-19(24)17-11-14(6-7-21-17)23-8-4-3-5-9-23/h6-7,10-12H,3-5,8-9H2,1-2H3,(H,22,24). The first-order valence-corrected chi connectivity index (χ1v) is 8.83. The van der Waals surface area contributed by atoms with Crippen molar-refractivity contribution in [2.75, 3.05) is 30.4 Å². The Kier molecular flexibility index (Phi) is 5.43. The molecule has 1 aromatic heterocycles. The van der Waals surface area contributed by atoms with Crippen LogP contribution in [0.15, 0.2) is 30.5 Å². The summed E-state index contributed by atoms with van der Waals surface area (Å²) in [7, 11) is 1.55. The van der Waals surface area contributed by atoms with E-state index in [0.29, 0.717) is 22.2 Å². The molecule has 0 aliphatic carbocycles. The van der Waals surface area contributed by atoms with Crippen molar-refractivity contribution in [3.8, 4) is 5.75 Å². The molecule has 2 aromatic rings. The summed E-state index contributed by atoms with van der Waals surface area (Å²) in [5.74, 6) is 0.259. The molecule has 5 nitrogen and oxygen atoms in total. The van der Waals surface area contributed by atoms with Gasteiger partial charge in [-0.1, -0.05) is 11.6 Å². The van der Waals surface area contributed by atoms with Crippen molar-refractivity contribution in [2.45, 2.75) is 26.2 Å². The Labute approximate surface area is 153 Å². The summed E-state index contributed by atoms with van der Waals surface area (Å²) in [5, 5.41) is 3.47. The van der Waals surface area contributed by atoms with E-state index >= 15 is 0 Å². The molecule has 0 unspecified atom stereocenters. The van der Waals surface area contributed by atoms with Crippen LogP contribution in [-0.4, -0.2) is 31.1 Å². The first kappa shape index (κ1) is 17.5. The van der Waals surface area contributed by atoms with Crippen LogP contribution in [0.2, 0.25) is 5.02 Å². The second kappa shape index (κ2) is 7.74. The number of rotatable bonds is 4. The Morgan fingerprint density at radius 3 is 2.72 bits per heavy atom. The minimum absolute atomic E-state index is 0.265. The topological polar surface area (TPSA) is 54.5 Å². The highest BCUT2D eigenvalue weighted by molar-refractivity contribution is 6.31. The summed E-state index contributed by atoms with van der Waals surface area (Å²) in [5.41, 5.74) is 2.88. The lowest BCUT2D eigenvalue weighted by atomic mass is 10.1. The van der Waals surface area contributed by atoms with Gasteiger partial charge in [-0.05, 0) is 49.9 Å². The number of aromatic nitrogens is 1. The maximum atomic E-state index is 12.6. The summed E-state index contributed by atoms with van der Waals surface area (Å²) in [6.45, 7) is 3.93. The molecule has 1 N–H and O–H groups in total. The normalized spacial score (nSPS) is 14.3. The summed E-state index contributed by atoms with van der Waals surface area (Å²) < 4.78 is 5.31. The molecule has 1 aliphatic heterocycles. The zero-order valence-corrected chi connectivity index (χ0v) is 15.3. The van der Waals surface area contributed by atoms with Crippen LogP contribution in [0.3, 0.4) is 0 Å². The van der Waals surface area contributed by atoms with E-state index in [0.717, 1.165) is 24.3 Å². The zero-order chi connectivity index (χ0) is 17.8. The number of pyridine rings is 1. The Bertz CT molecular complexity index is 773. The summed E-state index contributed by atoms with van der Waals surface area (Å²) >= 11 is 6.11. The monoisotopic (exact) mass is 359 g/mol. The molecule has 0 saturated carbocycles. The number of nitrogens with one attached hydrogen (secondary N) is 1. The van der Waals surface area contributed by atoms with Crippen LogP contribution in [0.5, 0.6) is 5.75 Å². The maximum absolute atomic E-state index is 12.6. The number of carbonyl (C=O) groups excluding carboxylic acids is 1.